The van der Waals surface area contributed by atoms with Gasteiger partial charge in [0.2, 0.25) is 0 Å². The van der Waals surface area contributed by atoms with Crippen molar-refractivity contribution in [3.63, 3.8) is 0 Å². The lowest BCUT2D eigenvalue weighted by molar-refractivity contribution is -0.0177. The molecule has 112 valence electrons. The summed E-state index contributed by atoms with van der Waals surface area (Å²) in [5.74, 6) is 0. The number of nitrogens with zero attached hydrogens (tertiary/aromatic N) is 2. The van der Waals surface area contributed by atoms with Gasteiger partial charge in [-0.2, -0.15) is 0 Å². The topological polar surface area (TPSA) is 41.7 Å². The van der Waals surface area contributed by atoms with Crippen LogP contribution in [0.1, 0.15) is 38.5 Å². The number of methoxy groups -OCH3 is 1. The third-order valence-corrected chi connectivity index (χ3v) is 5.46. The molecule has 3 atom stereocenters. The largest absolute Gasteiger partial charge is 0.381 e. The summed E-state index contributed by atoms with van der Waals surface area (Å²) in [6.45, 7) is 3.14. The molecule has 0 aromatic heterocycles. The molecule has 1 aliphatic carbocycles. The van der Waals surface area contributed by atoms with Crippen molar-refractivity contribution in [2.45, 2.75) is 56.2 Å². The smallest absolute Gasteiger partial charge is 0.0589 e. The van der Waals surface area contributed by atoms with Gasteiger partial charge in [-0.1, -0.05) is 0 Å². The van der Waals surface area contributed by atoms with Gasteiger partial charge in [-0.05, 0) is 59.2 Å². The standard InChI is InChI=1S/C15H31N3O/c1-17-9-5-6-13(17)11-18(2)15(12-16)8-4-7-14(10-15)19-3/h13-14H,4-12,16H2,1-3H3. The number of rotatable bonds is 5. The molecule has 0 aromatic rings. The van der Waals surface area contributed by atoms with Crippen LogP contribution in [0.4, 0.5) is 0 Å². The molecule has 2 N–H and O–H groups in total. The molecule has 0 radical (unpaired) electrons. The summed E-state index contributed by atoms with van der Waals surface area (Å²) in [5, 5.41) is 0. The highest BCUT2D eigenvalue weighted by atomic mass is 16.5. The Balaban J connectivity index is 1.98. The molecule has 2 rings (SSSR count). The van der Waals surface area contributed by atoms with Gasteiger partial charge in [0.1, 0.15) is 0 Å². The van der Waals surface area contributed by atoms with Gasteiger partial charge in [0.25, 0.3) is 0 Å². The molecule has 2 fully saturated rings. The predicted octanol–water partition coefficient (Wildman–Crippen LogP) is 1.30. The zero-order valence-corrected chi connectivity index (χ0v) is 12.9. The first-order valence-corrected chi connectivity index (χ1v) is 7.75. The molecule has 3 unspecified atom stereocenters. The van der Waals surface area contributed by atoms with Crippen molar-refractivity contribution in [1.29, 1.82) is 0 Å². The highest BCUT2D eigenvalue weighted by molar-refractivity contribution is 4.97. The normalized spacial score (nSPS) is 37.1. The molecule has 1 aliphatic heterocycles. The number of hydrogen-bond acceptors (Lipinski definition) is 4. The Morgan fingerprint density at radius 1 is 1.37 bits per heavy atom. The first-order valence-electron chi connectivity index (χ1n) is 7.75. The van der Waals surface area contributed by atoms with Crippen LogP contribution in [-0.2, 0) is 4.74 Å². The quantitative estimate of drug-likeness (QED) is 0.817. The van der Waals surface area contributed by atoms with Crippen LogP contribution >= 0.6 is 0 Å². The molecule has 0 amide bonds. The fourth-order valence-electron chi connectivity index (χ4n) is 3.90. The summed E-state index contributed by atoms with van der Waals surface area (Å²) in [6.07, 6.45) is 7.79. The van der Waals surface area contributed by atoms with Gasteiger partial charge < -0.3 is 15.4 Å². The maximum absolute atomic E-state index is 6.15. The average Bonchev–Trinajstić information content (AvgIpc) is 2.84. The summed E-state index contributed by atoms with van der Waals surface area (Å²) in [7, 11) is 6.35. The predicted molar refractivity (Wildman–Crippen MR) is 79.3 cm³/mol. The third-order valence-electron chi connectivity index (χ3n) is 5.46. The van der Waals surface area contributed by atoms with Gasteiger partial charge in [-0.3, -0.25) is 4.90 Å². The molecule has 2 aliphatic rings. The first kappa shape index (κ1) is 15.2. The van der Waals surface area contributed by atoms with Crippen LogP contribution in [0.25, 0.3) is 0 Å². The Kier molecular flexibility index (Phi) is 5.23. The van der Waals surface area contributed by atoms with Gasteiger partial charge in [0.05, 0.1) is 6.10 Å². The Morgan fingerprint density at radius 2 is 2.16 bits per heavy atom. The van der Waals surface area contributed by atoms with Crippen molar-refractivity contribution in [2.75, 3.05) is 40.8 Å². The highest BCUT2D eigenvalue weighted by Gasteiger charge is 2.40. The van der Waals surface area contributed by atoms with Gasteiger partial charge in [0.15, 0.2) is 0 Å². The molecule has 1 saturated carbocycles. The first-order chi connectivity index (χ1) is 9.11. The lowest BCUT2D eigenvalue weighted by Crippen LogP contribution is -2.58. The second-order valence-electron chi connectivity index (χ2n) is 6.54. The molecule has 1 saturated heterocycles. The minimum absolute atomic E-state index is 0.155. The summed E-state index contributed by atoms with van der Waals surface area (Å²) < 4.78 is 5.60. The molecule has 0 bridgehead atoms. The summed E-state index contributed by atoms with van der Waals surface area (Å²) in [4.78, 5) is 5.03. The maximum atomic E-state index is 6.15. The number of hydrogen-bond donors (Lipinski definition) is 1. The van der Waals surface area contributed by atoms with Crippen LogP contribution in [0.3, 0.4) is 0 Å². The van der Waals surface area contributed by atoms with E-state index in [1.807, 2.05) is 7.11 Å². The van der Waals surface area contributed by atoms with Crippen LogP contribution in [0, 0.1) is 0 Å². The van der Waals surface area contributed by atoms with Gasteiger partial charge >= 0.3 is 0 Å². The molecule has 0 aromatic carbocycles. The Morgan fingerprint density at radius 3 is 2.74 bits per heavy atom. The van der Waals surface area contributed by atoms with E-state index in [1.165, 1.54) is 38.6 Å². The molecule has 4 heteroatoms. The third kappa shape index (κ3) is 3.30. The average molecular weight is 269 g/mol. The van der Waals surface area contributed by atoms with Crippen molar-refractivity contribution >= 4 is 0 Å². The molecule has 19 heavy (non-hydrogen) atoms. The molecule has 1 heterocycles. The van der Waals surface area contributed by atoms with E-state index in [1.54, 1.807) is 0 Å². The molecular weight excluding hydrogens is 238 g/mol. The van der Waals surface area contributed by atoms with Crippen LogP contribution in [-0.4, -0.2) is 68.3 Å². The van der Waals surface area contributed by atoms with E-state index in [0.29, 0.717) is 12.1 Å². The van der Waals surface area contributed by atoms with Crippen LogP contribution in [0.15, 0.2) is 0 Å². The lowest BCUT2D eigenvalue weighted by Gasteiger charge is -2.47. The summed E-state index contributed by atoms with van der Waals surface area (Å²) >= 11 is 0. The summed E-state index contributed by atoms with van der Waals surface area (Å²) in [6, 6.07) is 0.705. The lowest BCUT2D eigenvalue weighted by atomic mass is 9.78. The monoisotopic (exact) mass is 269 g/mol. The number of ether oxygens (including phenoxy) is 1. The number of likely N-dealkylation sites (N-methyl/N-ethyl adjacent to an activating group) is 2. The van der Waals surface area contributed by atoms with Gasteiger partial charge in [-0.15, -0.1) is 0 Å². The maximum Gasteiger partial charge on any atom is 0.0589 e. The Bertz CT molecular complexity index is 287. The fourth-order valence-corrected chi connectivity index (χ4v) is 3.90. The van der Waals surface area contributed by atoms with Crippen molar-refractivity contribution < 1.29 is 4.74 Å². The zero-order valence-electron chi connectivity index (χ0n) is 12.9. The second-order valence-corrected chi connectivity index (χ2v) is 6.54. The van der Waals surface area contributed by atoms with Crippen LogP contribution in [0.2, 0.25) is 0 Å². The van der Waals surface area contributed by atoms with Crippen molar-refractivity contribution in [3.8, 4) is 0 Å². The highest BCUT2D eigenvalue weighted by Crippen LogP contribution is 2.34. The van der Waals surface area contributed by atoms with E-state index in [2.05, 4.69) is 23.9 Å². The number of nitrogens with two attached hydrogens (primary N) is 1. The van der Waals surface area contributed by atoms with E-state index in [0.717, 1.165) is 19.5 Å². The van der Waals surface area contributed by atoms with E-state index >= 15 is 0 Å². The van der Waals surface area contributed by atoms with Crippen LogP contribution < -0.4 is 5.73 Å². The van der Waals surface area contributed by atoms with E-state index in [4.69, 9.17) is 10.5 Å². The molecule has 0 spiro atoms. The van der Waals surface area contributed by atoms with Gasteiger partial charge in [-0.25, -0.2) is 0 Å². The van der Waals surface area contributed by atoms with E-state index in [-0.39, 0.29) is 5.54 Å². The second kappa shape index (κ2) is 6.53. The van der Waals surface area contributed by atoms with E-state index < -0.39 is 0 Å². The zero-order chi connectivity index (χ0) is 13.9. The fraction of sp³-hybridized carbons (Fsp3) is 1.00. The van der Waals surface area contributed by atoms with Crippen LogP contribution in [0.5, 0.6) is 0 Å². The van der Waals surface area contributed by atoms with Crippen molar-refractivity contribution in [2.24, 2.45) is 5.73 Å². The minimum atomic E-state index is 0.155. The van der Waals surface area contributed by atoms with Crippen molar-refractivity contribution in [3.05, 3.63) is 0 Å². The Hall–Kier alpha value is -0.160. The summed E-state index contributed by atoms with van der Waals surface area (Å²) in [5.41, 5.74) is 6.31. The SMILES string of the molecule is COC1CCCC(CN)(N(C)CC2CCCN2C)C1. The van der Waals surface area contributed by atoms with E-state index in [9.17, 15) is 0 Å². The van der Waals surface area contributed by atoms with Gasteiger partial charge in [0, 0.05) is 31.8 Å². The molecule has 4 nitrogen and oxygen atoms in total. The number of likely N-dealkylation sites (tertiary alicyclic amines) is 1. The van der Waals surface area contributed by atoms with Crippen molar-refractivity contribution in [1.82, 2.24) is 9.80 Å². The minimum Gasteiger partial charge on any atom is -0.381 e. The Labute approximate surface area is 118 Å². The molecular formula is C15H31N3O.